The lowest BCUT2D eigenvalue weighted by Gasteiger charge is -2.26. The van der Waals surface area contributed by atoms with E-state index in [0.717, 1.165) is 32.3 Å². The Morgan fingerprint density at radius 3 is 2.53 bits per heavy atom. The Hall–Kier alpha value is -0.380. The minimum absolute atomic E-state index is 0.259. The highest BCUT2D eigenvalue weighted by Crippen LogP contribution is 2.14. The number of hydrogen-bond donors (Lipinski definition) is 2. The van der Waals surface area contributed by atoms with Crippen LogP contribution >= 0.6 is 0 Å². The first-order valence-corrected chi connectivity index (χ1v) is 6.98. The van der Waals surface area contributed by atoms with Crippen LogP contribution in [0.25, 0.3) is 0 Å². The molecule has 0 aromatic rings. The van der Waals surface area contributed by atoms with Crippen molar-refractivity contribution in [3.63, 3.8) is 0 Å². The normalized spacial score (nSPS) is 14.5. The van der Waals surface area contributed by atoms with Crippen molar-refractivity contribution >= 4 is 0 Å². The Bertz CT molecular complexity index is 168. The summed E-state index contributed by atoms with van der Waals surface area (Å²) in [6, 6.07) is 0.290. The molecule has 0 amide bonds. The molecule has 2 unspecified atom stereocenters. The summed E-state index contributed by atoms with van der Waals surface area (Å²) in [5.74, 6) is 5.63. The van der Waals surface area contributed by atoms with Gasteiger partial charge in [-0.05, 0) is 32.6 Å². The molecule has 102 valence electrons. The third kappa shape index (κ3) is 8.36. The maximum absolute atomic E-state index is 5.75. The van der Waals surface area contributed by atoms with E-state index < -0.39 is 0 Å². The van der Waals surface area contributed by atoms with E-state index in [4.69, 9.17) is 10.6 Å². The first kappa shape index (κ1) is 16.6. The first-order chi connectivity index (χ1) is 8.29. The number of allylic oxidation sites excluding steroid dienone is 1. The number of unbranched alkanes of at least 4 members (excludes halogenated alkanes) is 3. The van der Waals surface area contributed by atoms with Gasteiger partial charge >= 0.3 is 0 Å². The van der Waals surface area contributed by atoms with Gasteiger partial charge < -0.3 is 4.74 Å². The molecule has 0 fully saturated rings. The number of rotatable bonds is 12. The van der Waals surface area contributed by atoms with Crippen LogP contribution in [0.1, 0.15) is 58.8 Å². The van der Waals surface area contributed by atoms with E-state index in [-0.39, 0.29) is 6.10 Å². The molecule has 0 spiro atoms. The fourth-order valence-electron chi connectivity index (χ4n) is 2.11. The van der Waals surface area contributed by atoms with Crippen molar-refractivity contribution in [2.45, 2.75) is 70.9 Å². The fourth-order valence-corrected chi connectivity index (χ4v) is 2.11. The van der Waals surface area contributed by atoms with Gasteiger partial charge in [-0.1, -0.05) is 32.3 Å². The topological polar surface area (TPSA) is 47.3 Å². The number of hydrogen-bond acceptors (Lipinski definition) is 3. The van der Waals surface area contributed by atoms with Gasteiger partial charge in [-0.3, -0.25) is 11.3 Å². The maximum Gasteiger partial charge on any atom is 0.0741 e. The van der Waals surface area contributed by atoms with Crippen molar-refractivity contribution in [2.24, 2.45) is 5.84 Å². The van der Waals surface area contributed by atoms with Crippen molar-refractivity contribution < 1.29 is 4.74 Å². The summed E-state index contributed by atoms with van der Waals surface area (Å²) in [4.78, 5) is 0. The zero-order valence-corrected chi connectivity index (χ0v) is 11.6. The molecule has 17 heavy (non-hydrogen) atoms. The van der Waals surface area contributed by atoms with Crippen LogP contribution in [0.15, 0.2) is 12.7 Å². The van der Waals surface area contributed by atoms with Crippen molar-refractivity contribution in [1.82, 2.24) is 5.43 Å². The SMILES string of the molecule is C=CCCCCCC(NN)C(CCC)OCC. The van der Waals surface area contributed by atoms with Gasteiger partial charge in [-0.15, -0.1) is 6.58 Å². The van der Waals surface area contributed by atoms with E-state index >= 15 is 0 Å². The molecular weight excluding hydrogens is 212 g/mol. The van der Waals surface area contributed by atoms with Crippen LogP contribution in [-0.4, -0.2) is 18.8 Å². The van der Waals surface area contributed by atoms with Crippen molar-refractivity contribution in [3.05, 3.63) is 12.7 Å². The molecule has 0 heterocycles. The van der Waals surface area contributed by atoms with Crippen LogP contribution in [0.5, 0.6) is 0 Å². The van der Waals surface area contributed by atoms with Crippen LogP contribution in [-0.2, 0) is 4.74 Å². The van der Waals surface area contributed by atoms with Gasteiger partial charge in [0.25, 0.3) is 0 Å². The van der Waals surface area contributed by atoms with Crippen LogP contribution in [0.3, 0.4) is 0 Å². The van der Waals surface area contributed by atoms with E-state index in [1.807, 2.05) is 13.0 Å². The molecule has 3 heteroatoms. The number of nitrogens with one attached hydrogen (secondary N) is 1. The molecule has 3 N–H and O–H groups in total. The highest BCUT2D eigenvalue weighted by Gasteiger charge is 2.19. The van der Waals surface area contributed by atoms with Gasteiger partial charge in [0, 0.05) is 12.6 Å². The molecule has 0 aliphatic rings. The summed E-state index contributed by atoms with van der Waals surface area (Å²) in [7, 11) is 0. The number of nitrogens with two attached hydrogens (primary N) is 1. The minimum Gasteiger partial charge on any atom is -0.377 e. The standard InChI is InChI=1S/C14H30N2O/c1-4-7-8-9-10-12-13(16-15)14(11-5-2)17-6-3/h4,13-14,16H,1,5-12,15H2,2-3H3. The summed E-state index contributed by atoms with van der Waals surface area (Å²) in [6.45, 7) is 8.72. The van der Waals surface area contributed by atoms with Crippen LogP contribution in [0, 0.1) is 0 Å². The number of hydrazine groups is 1. The molecule has 0 radical (unpaired) electrons. The summed E-state index contributed by atoms with van der Waals surface area (Å²) in [6.07, 6.45) is 10.4. The Kier molecular flexibility index (Phi) is 11.8. The second kappa shape index (κ2) is 12.1. The fraction of sp³-hybridized carbons (Fsp3) is 0.857. The van der Waals surface area contributed by atoms with E-state index in [9.17, 15) is 0 Å². The second-order valence-corrected chi connectivity index (χ2v) is 4.48. The maximum atomic E-state index is 5.75. The van der Waals surface area contributed by atoms with E-state index in [2.05, 4.69) is 18.9 Å². The molecule has 0 aromatic heterocycles. The highest BCUT2D eigenvalue weighted by molar-refractivity contribution is 4.75. The number of ether oxygens (including phenoxy) is 1. The van der Waals surface area contributed by atoms with E-state index in [1.54, 1.807) is 0 Å². The van der Waals surface area contributed by atoms with E-state index in [0.29, 0.717) is 6.04 Å². The zero-order valence-electron chi connectivity index (χ0n) is 11.6. The lowest BCUT2D eigenvalue weighted by Crippen LogP contribution is -2.45. The Morgan fingerprint density at radius 2 is 2.00 bits per heavy atom. The monoisotopic (exact) mass is 242 g/mol. The molecule has 0 rings (SSSR count). The molecule has 0 saturated heterocycles. The summed E-state index contributed by atoms with van der Waals surface area (Å²) >= 11 is 0. The van der Waals surface area contributed by atoms with Gasteiger partial charge in [-0.25, -0.2) is 0 Å². The molecule has 0 saturated carbocycles. The van der Waals surface area contributed by atoms with E-state index in [1.165, 1.54) is 19.3 Å². The minimum atomic E-state index is 0.259. The predicted molar refractivity (Wildman–Crippen MR) is 74.7 cm³/mol. The third-order valence-electron chi connectivity index (χ3n) is 3.04. The van der Waals surface area contributed by atoms with Gasteiger partial charge in [0.05, 0.1) is 6.10 Å². The van der Waals surface area contributed by atoms with Gasteiger partial charge in [0.2, 0.25) is 0 Å². The van der Waals surface area contributed by atoms with Gasteiger partial charge in [0.1, 0.15) is 0 Å². The Morgan fingerprint density at radius 1 is 1.24 bits per heavy atom. The van der Waals surface area contributed by atoms with Crippen molar-refractivity contribution in [3.8, 4) is 0 Å². The summed E-state index contributed by atoms with van der Waals surface area (Å²) < 4.78 is 5.75. The average molecular weight is 242 g/mol. The molecule has 0 aliphatic heterocycles. The van der Waals surface area contributed by atoms with Gasteiger partial charge in [-0.2, -0.15) is 0 Å². The largest absolute Gasteiger partial charge is 0.377 e. The molecule has 3 nitrogen and oxygen atoms in total. The molecule has 0 aliphatic carbocycles. The highest BCUT2D eigenvalue weighted by atomic mass is 16.5. The molecule has 0 bridgehead atoms. The third-order valence-corrected chi connectivity index (χ3v) is 3.04. The average Bonchev–Trinajstić information content (AvgIpc) is 2.34. The van der Waals surface area contributed by atoms with Crippen LogP contribution < -0.4 is 11.3 Å². The van der Waals surface area contributed by atoms with Crippen molar-refractivity contribution in [2.75, 3.05) is 6.61 Å². The zero-order chi connectivity index (χ0) is 12.9. The molecule has 0 aromatic carbocycles. The lowest BCUT2D eigenvalue weighted by molar-refractivity contribution is 0.0252. The van der Waals surface area contributed by atoms with Crippen molar-refractivity contribution in [1.29, 1.82) is 0 Å². The summed E-state index contributed by atoms with van der Waals surface area (Å²) in [5, 5.41) is 0. The smallest absolute Gasteiger partial charge is 0.0741 e. The Balaban J connectivity index is 3.86. The lowest BCUT2D eigenvalue weighted by atomic mass is 10.00. The molecular formula is C14H30N2O. The summed E-state index contributed by atoms with van der Waals surface area (Å²) in [5.41, 5.74) is 2.92. The second-order valence-electron chi connectivity index (χ2n) is 4.48. The quantitative estimate of drug-likeness (QED) is 0.239. The van der Waals surface area contributed by atoms with Gasteiger partial charge in [0.15, 0.2) is 0 Å². The predicted octanol–water partition coefficient (Wildman–Crippen LogP) is 3.16. The molecule has 2 atom stereocenters. The van der Waals surface area contributed by atoms with Crippen LogP contribution in [0.4, 0.5) is 0 Å². The Labute approximate surface area is 107 Å². The first-order valence-electron chi connectivity index (χ1n) is 6.98. The van der Waals surface area contributed by atoms with Crippen LogP contribution in [0.2, 0.25) is 0 Å².